The second-order valence-electron chi connectivity index (χ2n) is 13.0. The van der Waals surface area contributed by atoms with E-state index >= 15 is 0 Å². The van der Waals surface area contributed by atoms with E-state index in [1.807, 2.05) is 6.08 Å². The highest BCUT2D eigenvalue weighted by molar-refractivity contribution is 7.88. The van der Waals surface area contributed by atoms with Crippen LogP contribution in [0.2, 0.25) is 0 Å². The summed E-state index contributed by atoms with van der Waals surface area (Å²) in [7, 11) is 15.8. The molecule has 0 heterocycles. The SMILES string of the molecule is C=Cc1ccc(CN(C)P(=N[P+](N=P(C)(C)C)(N=P(C)(N(C)C)N(C)C)N=P(C)(N(C)C)N(C)C)(N(C)C)N(C)C)cc1. The van der Waals surface area contributed by atoms with Crippen molar-refractivity contribution in [2.24, 2.45) is 18.1 Å². The highest BCUT2D eigenvalue weighted by Gasteiger charge is 2.52. The molecule has 0 aromatic heterocycles. The monoisotopic (exact) mass is 696 g/mol. The van der Waals surface area contributed by atoms with Gasteiger partial charge in [-0.05, 0) is 136 Å². The highest BCUT2D eigenvalue weighted by atomic mass is 31.3. The molecule has 0 atom stereocenters. The molecule has 16 heteroatoms. The Balaban J connectivity index is 4.64. The zero-order valence-electron chi connectivity index (χ0n) is 30.5. The lowest BCUT2D eigenvalue weighted by Gasteiger charge is -2.42. The average molecular weight is 697 g/mol. The van der Waals surface area contributed by atoms with Crippen molar-refractivity contribution in [3.8, 4) is 0 Å². The summed E-state index contributed by atoms with van der Waals surface area (Å²) in [4.78, 5) is 0. The first-order valence-electron chi connectivity index (χ1n) is 14.2. The van der Waals surface area contributed by atoms with Gasteiger partial charge in [0.1, 0.15) is 14.7 Å². The number of hydrogen-bond donors (Lipinski definition) is 0. The summed E-state index contributed by atoms with van der Waals surface area (Å²) in [6.07, 6.45) is 1.88. The van der Waals surface area contributed by atoms with Gasteiger partial charge in [-0.25, -0.2) is 14.0 Å². The zero-order chi connectivity index (χ0) is 33.8. The lowest BCUT2D eigenvalue weighted by Crippen LogP contribution is -2.32. The standard InChI is InChI=1S/C27H63N11P5/c1-20-26-21-23-27(24-22-26)25-38(14)43(36(10)11,37(12)13)31-42(28-39(15,16)17,29-40(18,32(2)3)33(4)5)30-41(19,34(6)7)35(8)9/h20-24H,1,25H2,2-19H3/q+1. The molecule has 0 N–H and O–H groups in total. The van der Waals surface area contributed by atoms with E-state index in [4.69, 9.17) is 18.1 Å². The van der Waals surface area contributed by atoms with Crippen LogP contribution in [0.25, 0.3) is 6.08 Å². The molecule has 1 aromatic rings. The molecule has 1 rings (SSSR count). The first kappa shape index (κ1) is 41.1. The molecule has 250 valence electrons. The molecule has 0 bridgehead atoms. The summed E-state index contributed by atoms with van der Waals surface area (Å²) < 4.78 is 39.4. The van der Waals surface area contributed by atoms with Gasteiger partial charge in [0.05, 0.1) is 0 Å². The van der Waals surface area contributed by atoms with E-state index < -0.39 is 37.1 Å². The number of hydrogen-bond acceptors (Lipinski definition) is 4. The smallest absolute Gasteiger partial charge is 0.261 e. The quantitative estimate of drug-likeness (QED) is 0.182. The summed E-state index contributed by atoms with van der Waals surface area (Å²) in [6, 6.07) is 8.59. The first-order valence-corrected chi connectivity index (χ1v) is 24.7. The average Bonchev–Trinajstić information content (AvgIpc) is 2.85. The molecule has 0 saturated heterocycles. The molecule has 0 aliphatic rings. The fraction of sp³-hybridized carbons (Fsp3) is 0.704. The predicted octanol–water partition coefficient (Wildman–Crippen LogP) is 8.17. The van der Waals surface area contributed by atoms with Crippen LogP contribution in [0.4, 0.5) is 0 Å². The van der Waals surface area contributed by atoms with Gasteiger partial charge in [-0.15, -0.1) is 0 Å². The van der Waals surface area contributed by atoms with Crippen LogP contribution >= 0.6 is 37.1 Å². The highest BCUT2D eigenvalue weighted by Crippen LogP contribution is 2.84. The van der Waals surface area contributed by atoms with Crippen LogP contribution in [-0.2, 0) is 6.54 Å². The third-order valence-electron chi connectivity index (χ3n) is 7.40. The molecule has 43 heavy (non-hydrogen) atoms. The summed E-state index contributed by atoms with van der Waals surface area (Å²) >= 11 is 0. The summed E-state index contributed by atoms with van der Waals surface area (Å²) in [5.74, 6) is 0. The Bertz CT molecular complexity index is 1230. The van der Waals surface area contributed by atoms with Crippen LogP contribution in [-0.4, -0.2) is 158 Å². The molecular weight excluding hydrogens is 633 g/mol. The summed E-state index contributed by atoms with van der Waals surface area (Å²) in [5.41, 5.74) is 2.33. The molecule has 0 fully saturated rings. The molecule has 0 spiro atoms. The molecule has 0 aliphatic carbocycles. The van der Waals surface area contributed by atoms with E-state index in [0.29, 0.717) is 0 Å². The maximum absolute atomic E-state index is 6.01. The van der Waals surface area contributed by atoms with Crippen molar-refractivity contribution in [3.05, 3.63) is 42.0 Å². The van der Waals surface area contributed by atoms with Crippen LogP contribution in [0, 0.1) is 0 Å². The van der Waals surface area contributed by atoms with E-state index in [1.165, 1.54) is 5.56 Å². The van der Waals surface area contributed by atoms with Crippen LogP contribution in [0.5, 0.6) is 0 Å². The zero-order valence-corrected chi connectivity index (χ0v) is 34.9. The van der Waals surface area contributed by atoms with Crippen LogP contribution in [0.1, 0.15) is 11.1 Å². The minimum Gasteiger partial charge on any atom is -0.261 e. The van der Waals surface area contributed by atoms with Crippen molar-refractivity contribution >= 4 is 43.2 Å². The Morgan fingerprint density at radius 2 is 0.953 bits per heavy atom. The van der Waals surface area contributed by atoms with Crippen molar-refractivity contribution in [2.75, 3.05) is 125 Å². The molecule has 0 radical (unpaired) electrons. The van der Waals surface area contributed by atoms with Gasteiger partial charge < -0.3 is 0 Å². The third-order valence-corrected chi connectivity index (χ3v) is 26.3. The largest absolute Gasteiger partial charge is 0.496 e. The van der Waals surface area contributed by atoms with E-state index in [2.05, 4.69) is 188 Å². The number of benzene rings is 1. The lowest BCUT2D eigenvalue weighted by atomic mass is 10.1. The molecule has 1 aromatic carbocycles. The van der Waals surface area contributed by atoms with Gasteiger partial charge in [0.15, 0.2) is 0 Å². The van der Waals surface area contributed by atoms with Gasteiger partial charge in [-0.3, -0.25) is 18.7 Å². The Kier molecular flexibility index (Phi) is 15.0. The topological polar surface area (TPSA) is 72.1 Å². The molecular formula is C27H63N11P5+. The van der Waals surface area contributed by atoms with Crippen molar-refractivity contribution < 1.29 is 0 Å². The number of rotatable bonds is 14. The van der Waals surface area contributed by atoms with Crippen LogP contribution in [0.3, 0.4) is 0 Å². The molecule has 0 saturated carbocycles. The van der Waals surface area contributed by atoms with Crippen molar-refractivity contribution in [1.82, 2.24) is 32.7 Å². The fourth-order valence-corrected chi connectivity index (χ4v) is 23.1. The molecule has 11 nitrogen and oxygen atoms in total. The summed E-state index contributed by atoms with van der Waals surface area (Å²) in [5, 5.41) is 0. The third kappa shape index (κ3) is 10.0. The van der Waals surface area contributed by atoms with E-state index in [0.717, 1.165) is 12.1 Å². The van der Waals surface area contributed by atoms with Crippen molar-refractivity contribution in [1.29, 1.82) is 0 Å². The first-order chi connectivity index (χ1) is 19.4. The molecule has 0 amide bonds. The van der Waals surface area contributed by atoms with E-state index in [9.17, 15) is 0 Å². The van der Waals surface area contributed by atoms with Crippen LogP contribution < -0.4 is 0 Å². The van der Waals surface area contributed by atoms with Gasteiger partial charge >= 0.3 is 7.87 Å². The molecule has 0 unspecified atom stereocenters. The van der Waals surface area contributed by atoms with Gasteiger partial charge in [0.25, 0.3) is 0 Å². The summed E-state index contributed by atoms with van der Waals surface area (Å²) in [6.45, 7) is 15.9. The second kappa shape index (κ2) is 15.7. The van der Waals surface area contributed by atoms with Gasteiger partial charge in [-0.1, -0.05) is 41.4 Å². The lowest BCUT2D eigenvalue weighted by molar-refractivity contribution is 0.428. The Morgan fingerprint density at radius 3 is 1.23 bits per heavy atom. The Hall–Kier alpha value is 0.0300. The fourth-order valence-electron chi connectivity index (χ4n) is 4.43. The van der Waals surface area contributed by atoms with Gasteiger partial charge in [-0.2, -0.15) is 0 Å². The van der Waals surface area contributed by atoms with Gasteiger partial charge in [0.2, 0.25) is 7.51 Å². The normalized spacial score (nSPS) is 14.1. The molecule has 0 aliphatic heterocycles. The van der Waals surface area contributed by atoms with Crippen molar-refractivity contribution in [2.45, 2.75) is 6.54 Å². The van der Waals surface area contributed by atoms with E-state index in [1.54, 1.807) is 0 Å². The Morgan fingerprint density at radius 1 is 0.581 bits per heavy atom. The minimum absolute atomic E-state index is 0.720. The van der Waals surface area contributed by atoms with Crippen molar-refractivity contribution in [3.63, 3.8) is 0 Å². The predicted molar refractivity (Wildman–Crippen MR) is 204 cm³/mol. The Labute approximate surface area is 266 Å². The minimum atomic E-state index is -3.08. The van der Waals surface area contributed by atoms with Crippen LogP contribution in [0.15, 0.2) is 48.9 Å². The number of nitrogens with zero attached hydrogens (tertiary/aromatic N) is 11. The van der Waals surface area contributed by atoms with Gasteiger partial charge in [0, 0.05) is 26.9 Å². The maximum Gasteiger partial charge on any atom is 0.496 e. The van der Waals surface area contributed by atoms with E-state index in [-0.39, 0.29) is 0 Å². The maximum atomic E-state index is 6.01. The second-order valence-corrected chi connectivity index (χ2v) is 30.8.